The third kappa shape index (κ3) is 3.06. The molecule has 0 radical (unpaired) electrons. The van der Waals surface area contributed by atoms with Gasteiger partial charge in [0.05, 0.1) is 12.0 Å². The van der Waals surface area contributed by atoms with Crippen LogP contribution >= 0.6 is 0 Å². The second kappa shape index (κ2) is 4.93. The van der Waals surface area contributed by atoms with Crippen LogP contribution in [0.5, 0.6) is 0 Å². The molecule has 5 nitrogen and oxygen atoms in total. The summed E-state index contributed by atoms with van der Waals surface area (Å²) in [6.07, 6.45) is 4.30. The maximum absolute atomic E-state index is 11.4. The van der Waals surface area contributed by atoms with Crippen molar-refractivity contribution >= 4 is 11.9 Å². The number of carbonyl (C=O) groups is 2. The van der Waals surface area contributed by atoms with Gasteiger partial charge in [0, 0.05) is 6.04 Å². The molecule has 1 rings (SSSR count). The summed E-state index contributed by atoms with van der Waals surface area (Å²) in [5.74, 6) is -1.57. The van der Waals surface area contributed by atoms with E-state index in [9.17, 15) is 9.59 Å². The molecule has 2 unspecified atom stereocenters. The summed E-state index contributed by atoms with van der Waals surface area (Å²) < 4.78 is 0. The number of aliphatic carboxylic acids is 1. The minimum Gasteiger partial charge on any atom is -0.481 e. The number of amides is 1. The van der Waals surface area contributed by atoms with Gasteiger partial charge in [-0.05, 0) is 12.8 Å². The van der Waals surface area contributed by atoms with E-state index in [1.165, 1.54) is 0 Å². The van der Waals surface area contributed by atoms with Crippen LogP contribution in [0.3, 0.4) is 0 Å². The molecule has 1 aliphatic rings. The molecule has 84 valence electrons. The van der Waals surface area contributed by atoms with E-state index in [1.807, 2.05) is 6.92 Å². The van der Waals surface area contributed by atoms with E-state index in [0.717, 1.165) is 0 Å². The van der Waals surface area contributed by atoms with Gasteiger partial charge in [0.2, 0.25) is 5.91 Å². The molecule has 3 atom stereocenters. The molecular formula is C10H16N2O3. The Labute approximate surface area is 88.3 Å². The average molecular weight is 212 g/mol. The predicted octanol–water partition coefficient (Wildman–Crippen LogP) is -0.131. The zero-order valence-corrected chi connectivity index (χ0v) is 8.64. The number of nitrogens with one attached hydrogen (secondary N) is 1. The van der Waals surface area contributed by atoms with Gasteiger partial charge >= 0.3 is 5.97 Å². The molecular weight excluding hydrogens is 196 g/mol. The highest BCUT2D eigenvalue weighted by atomic mass is 16.4. The van der Waals surface area contributed by atoms with E-state index in [0.29, 0.717) is 12.8 Å². The lowest BCUT2D eigenvalue weighted by Gasteiger charge is -2.15. The van der Waals surface area contributed by atoms with Gasteiger partial charge in [0.25, 0.3) is 0 Å². The van der Waals surface area contributed by atoms with Crippen LogP contribution in [-0.2, 0) is 9.59 Å². The summed E-state index contributed by atoms with van der Waals surface area (Å²) in [6.45, 7) is 1.83. The number of hydrogen-bond acceptors (Lipinski definition) is 3. The van der Waals surface area contributed by atoms with Crippen molar-refractivity contribution in [2.24, 2.45) is 11.7 Å². The minimum absolute atomic E-state index is 0.198. The molecule has 0 heterocycles. The number of carboxylic acid groups (broad SMARTS) is 1. The Balaban J connectivity index is 2.40. The van der Waals surface area contributed by atoms with Crippen LogP contribution in [0.4, 0.5) is 0 Å². The SMILES string of the molecule is CC[C@H](N)C(=O)NC1C=CC(C(=O)O)C1. The standard InChI is InChI=1S/C10H16N2O3/c1-2-8(11)9(13)12-7-4-3-6(5-7)10(14)15/h3-4,6-8H,2,5,11H2,1H3,(H,12,13)(H,14,15)/t6?,7?,8-/m0/s1. The van der Waals surface area contributed by atoms with Gasteiger partial charge in [-0.3, -0.25) is 9.59 Å². The van der Waals surface area contributed by atoms with E-state index in [4.69, 9.17) is 10.8 Å². The van der Waals surface area contributed by atoms with Crippen LogP contribution in [0.1, 0.15) is 19.8 Å². The fourth-order valence-corrected chi connectivity index (χ4v) is 1.46. The highest BCUT2D eigenvalue weighted by Gasteiger charge is 2.26. The van der Waals surface area contributed by atoms with Gasteiger partial charge in [-0.2, -0.15) is 0 Å². The van der Waals surface area contributed by atoms with Crippen LogP contribution in [-0.4, -0.2) is 29.1 Å². The van der Waals surface area contributed by atoms with Crippen molar-refractivity contribution < 1.29 is 14.7 Å². The number of rotatable bonds is 4. The maximum Gasteiger partial charge on any atom is 0.310 e. The second-order valence-corrected chi connectivity index (χ2v) is 3.70. The number of hydrogen-bond donors (Lipinski definition) is 3. The van der Waals surface area contributed by atoms with Crippen LogP contribution in [0, 0.1) is 5.92 Å². The van der Waals surface area contributed by atoms with Crippen molar-refractivity contribution in [3.8, 4) is 0 Å². The second-order valence-electron chi connectivity index (χ2n) is 3.70. The molecule has 0 aromatic carbocycles. The molecule has 0 aliphatic heterocycles. The van der Waals surface area contributed by atoms with Crippen molar-refractivity contribution in [1.29, 1.82) is 0 Å². The minimum atomic E-state index is -0.859. The first-order valence-corrected chi connectivity index (χ1v) is 5.01. The zero-order valence-electron chi connectivity index (χ0n) is 8.64. The fourth-order valence-electron chi connectivity index (χ4n) is 1.46. The Hall–Kier alpha value is -1.36. The Kier molecular flexibility index (Phi) is 3.85. The molecule has 0 fully saturated rings. The molecule has 1 aliphatic carbocycles. The number of carbonyl (C=O) groups excluding carboxylic acids is 1. The molecule has 5 heteroatoms. The van der Waals surface area contributed by atoms with Gasteiger partial charge in [0.15, 0.2) is 0 Å². The third-order valence-electron chi connectivity index (χ3n) is 2.51. The molecule has 0 saturated carbocycles. The predicted molar refractivity (Wildman–Crippen MR) is 55.1 cm³/mol. The largest absolute Gasteiger partial charge is 0.481 e. The highest BCUT2D eigenvalue weighted by Crippen LogP contribution is 2.17. The van der Waals surface area contributed by atoms with E-state index >= 15 is 0 Å². The lowest BCUT2D eigenvalue weighted by atomic mass is 10.1. The molecule has 15 heavy (non-hydrogen) atoms. The number of carboxylic acids is 1. The van der Waals surface area contributed by atoms with Crippen LogP contribution < -0.4 is 11.1 Å². The summed E-state index contributed by atoms with van der Waals surface area (Å²) >= 11 is 0. The molecule has 1 amide bonds. The first kappa shape index (κ1) is 11.7. The smallest absolute Gasteiger partial charge is 0.310 e. The molecule has 0 aromatic rings. The number of nitrogens with two attached hydrogens (primary N) is 1. The van der Waals surface area contributed by atoms with E-state index < -0.39 is 17.9 Å². The Morgan fingerprint density at radius 3 is 2.73 bits per heavy atom. The highest BCUT2D eigenvalue weighted by molar-refractivity contribution is 5.82. The maximum atomic E-state index is 11.4. The average Bonchev–Trinajstić information content (AvgIpc) is 2.65. The first-order chi connectivity index (χ1) is 7.04. The summed E-state index contributed by atoms with van der Waals surface area (Å²) in [5.41, 5.74) is 5.54. The van der Waals surface area contributed by atoms with Crippen molar-refractivity contribution in [3.05, 3.63) is 12.2 Å². The lowest BCUT2D eigenvalue weighted by Crippen LogP contribution is -2.44. The van der Waals surface area contributed by atoms with Gasteiger partial charge in [-0.15, -0.1) is 0 Å². The fraction of sp³-hybridized carbons (Fsp3) is 0.600. The van der Waals surface area contributed by atoms with Crippen molar-refractivity contribution in [3.63, 3.8) is 0 Å². The van der Waals surface area contributed by atoms with Crippen molar-refractivity contribution in [2.75, 3.05) is 0 Å². The van der Waals surface area contributed by atoms with Crippen LogP contribution in [0.25, 0.3) is 0 Å². The first-order valence-electron chi connectivity index (χ1n) is 5.01. The molecule has 0 aromatic heterocycles. The summed E-state index contributed by atoms with van der Waals surface area (Å²) in [4.78, 5) is 22.0. The van der Waals surface area contributed by atoms with Crippen molar-refractivity contribution in [2.45, 2.75) is 31.8 Å². The molecule has 0 saturated heterocycles. The van der Waals surface area contributed by atoms with E-state index in [1.54, 1.807) is 12.2 Å². The third-order valence-corrected chi connectivity index (χ3v) is 2.51. The summed E-state index contributed by atoms with van der Waals surface area (Å²) in [5, 5.41) is 11.4. The van der Waals surface area contributed by atoms with Crippen LogP contribution in [0.15, 0.2) is 12.2 Å². The molecule has 0 spiro atoms. The monoisotopic (exact) mass is 212 g/mol. The normalized spacial score (nSPS) is 26.3. The van der Waals surface area contributed by atoms with Gasteiger partial charge < -0.3 is 16.2 Å². The summed E-state index contributed by atoms with van der Waals surface area (Å²) in [7, 11) is 0. The van der Waals surface area contributed by atoms with Gasteiger partial charge in [-0.1, -0.05) is 19.1 Å². The van der Waals surface area contributed by atoms with Crippen molar-refractivity contribution in [1.82, 2.24) is 5.32 Å². The van der Waals surface area contributed by atoms with E-state index in [-0.39, 0.29) is 11.9 Å². The Morgan fingerprint density at radius 1 is 1.60 bits per heavy atom. The molecule has 4 N–H and O–H groups in total. The zero-order chi connectivity index (χ0) is 11.4. The lowest BCUT2D eigenvalue weighted by molar-refractivity contribution is -0.140. The topological polar surface area (TPSA) is 92.4 Å². The Morgan fingerprint density at radius 2 is 2.27 bits per heavy atom. The summed E-state index contributed by atoms with van der Waals surface area (Å²) in [6, 6.07) is -0.710. The van der Waals surface area contributed by atoms with Gasteiger partial charge in [0.1, 0.15) is 0 Å². The van der Waals surface area contributed by atoms with E-state index in [2.05, 4.69) is 5.32 Å². The quantitative estimate of drug-likeness (QED) is 0.566. The van der Waals surface area contributed by atoms with Crippen LogP contribution in [0.2, 0.25) is 0 Å². The Bertz CT molecular complexity index is 288. The van der Waals surface area contributed by atoms with Gasteiger partial charge in [-0.25, -0.2) is 0 Å². The molecule has 0 bridgehead atoms.